The van der Waals surface area contributed by atoms with Crippen LogP contribution in [0, 0.1) is 0 Å². The Morgan fingerprint density at radius 2 is 1.86 bits per heavy atom. The van der Waals surface area contributed by atoms with Gasteiger partial charge in [-0.05, 0) is 32.8 Å². The van der Waals surface area contributed by atoms with Gasteiger partial charge in [0.05, 0.1) is 14.2 Å². The Morgan fingerprint density at radius 3 is 2.43 bits per heavy atom. The summed E-state index contributed by atoms with van der Waals surface area (Å²) < 4.78 is 10.7. The number of benzene rings is 1. The van der Waals surface area contributed by atoms with Crippen LogP contribution in [0.4, 0.5) is 0 Å². The second kappa shape index (κ2) is 7.14. The van der Waals surface area contributed by atoms with Crippen molar-refractivity contribution >= 4 is 0 Å². The lowest BCUT2D eigenvalue weighted by Gasteiger charge is -2.40. The number of likely N-dealkylation sites (tertiary alicyclic amines) is 1. The molecule has 3 atom stereocenters. The van der Waals surface area contributed by atoms with Crippen molar-refractivity contribution < 1.29 is 9.47 Å². The van der Waals surface area contributed by atoms with E-state index in [1.54, 1.807) is 14.2 Å². The molecule has 1 aromatic rings. The van der Waals surface area contributed by atoms with Gasteiger partial charge < -0.3 is 15.2 Å². The molecule has 0 spiro atoms. The van der Waals surface area contributed by atoms with Crippen LogP contribution in [0.5, 0.6) is 11.5 Å². The molecular formula is C17H28N2O2. The SMILES string of the molecule is COc1ccc(C(N)CN2[C@H](C)CCC[C@@H]2C)c(OC)c1. The maximum atomic E-state index is 6.46. The van der Waals surface area contributed by atoms with Gasteiger partial charge in [0.25, 0.3) is 0 Å². The molecule has 0 bridgehead atoms. The van der Waals surface area contributed by atoms with Gasteiger partial charge in [0, 0.05) is 36.3 Å². The summed E-state index contributed by atoms with van der Waals surface area (Å²) in [4.78, 5) is 2.53. The number of methoxy groups -OCH3 is 2. The van der Waals surface area contributed by atoms with Crippen molar-refractivity contribution in [1.29, 1.82) is 0 Å². The van der Waals surface area contributed by atoms with E-state index in [4.69, 9.17) is 15.2 Å². The minimum absolute atomic E-state index is 0.0474. The molecule has 4 heteroatoms. The number of hydrogen-bond acceptors (Lipinski definition) is 4. The molecule has 1 heterocycles. The smallest absolute Gasteiger partial charge is 0.127 e. The highest BCUT2D eigenvalue weighted by molar-refractivity contribution is 5.42. The first-order valence-electron chi connectivity index (χ1n) is 7.80. The fraction of sp³-hybridized carbons (Fsp3) is 0.647. The van der Waals surface area contributed by atoms with Crippen molar-refractivity contribution in [3.8, 4) is 11.5 Å². The number of rotatable bonds is 5. The average molecular weight is 292 g/mol. The van der Waals surface area contributed by atoms with Gasteiger partial charge in [0.2, 0.25) is 0 Å². The Kier molecular flexibility index (Phi) is 5.48. The van der Waals surface area contributed by atoms with Gasteiger partial charge >= 0.3 is 0 Å². The molecule has 118 valence electrons. The van der Waals surface area contributed by atoms with E-state index < -0.39 is 0 Å². The Morgan fingerprint density at radius 1 is 1.19 bits per heavy atom. The molecule has 1 fully saturated rings. The summed E-state index contributed by atoms with van der Waals surface area (Å²) in [6.07, 6.45) is 3.84. The van der Waals surface area contributed by atoms with Crippen LogP contribution in [-0.4, -0.2) is 37.7 Å². The van der Waals surface area contributed by atoms with E-state index in [0.717, 1.165) is 23.6 Å². The third kappa shape index (κ3) is 3.69. The zero-order valence-corrected chi connectivity index (χ0v) is 13.6. The van der Waals surface area contributed by atoms with Gasteiger partial charge in [-0.3, -0.25) is 4.90 Å². The second-order valence-corrected chi connectivity index (χ2v) is 6.04. The monoisotopic (exact) mass is 292 g/mol. The lowest BCUT2D eigenvalue weighted by molar-refractivity contribution is 0.0958. The largest absolute Gasteiger partial charge is 0.497 e. The fourth-order valence-corrected chi connectivity index (χ4v) is 3.28. The van der Waals surface area contributed by atoms with Gasteiger partial charge in [-0.15, -0.1) is 0 Å². The summed E-state index contributed by atoms with van der Waals surface area (Å²) in [5.74, 6) is 1.60. The number of piperidine rings is 1. The maximum absolute atomic E-state index is 6.46. The van der Waals surface area contributed by atoms with E-state index in [9.17, 15) is 0 Å². The normalized spacial score (nSPS) is 24.6. The molecule has 1 aliphatic rings. The molecule has 0 saturated carbocycles. The quantitative estimate of drug-likeness (QED) is 0.906. The van der Waals surface area contributed by atoms with Crippen LogP contribution in [0.3, 0.4) is 0 Å². The van der Waals surface area contributed by atoms with Crippen molar-refractivity contribution in [3.63, 3.8) is 0 Å². The molecule has 2 rings (SSSR count). The van der Waals surface area contributed by atoms with E-state index in [0.29, 0.717) is 12.1 Å². The van der Waals surface area contributed by atoms with Crippen molar-refractivity contribution in [2.75, 3.05) is 20.8 Å². The highest BCUT2D eigenvalue weighted by Gasteiger charge is 2.27. The van der Waals surface area contributed by atoms with E-state index in [-0.39, 0.29) is 6.04 Å². The van der Waals surface area contributed by atoms with Gasteiger partial charge in [-0.2, -0.15) is 0 Å². The van der Waals surface area contributed by atoms with Gasteiger partial charge in [0.15, 0.2) is 0 Å². The van der Waals surface area contributed by atoms with Crippen LogP contribution in [0.25, 0.3) is 0 Å². The molecule has 1 aliphatic heterocycles. The molecule has 1 saturated heterocycles. The lowest BCUT2D eigenvalue weighted by atomic mass is 9.95. The van der Waals surface area contributed by atoms with E-state index in [2.05, 4.69) is 18.7 Å². The fourth-order valence-electron chi connectivity index (χ4n) is 3.28. The number of nitrogens with zero attached hydrogens (tertiary/aromatic N) is 1. The Bertz CT molecular complexity index is 454. The number of hydrogen-bond donors (Lipinski definition) is 1. The van der Waals surface area contributed by atoms with Crippen molar-refractivity contribution in [2.45, 2.75) is 51.2 Å². The predicted octanol–water partition coefficient (Wildman–Crippen LogP) is 2.97. The molecular weight excluding hydrogens is 264 g/mol. The summed E-state index contributed by atoms with van der Waals surface area (Å²) in [5.41, 5.74) is 7.50. The first-order chi connectivity index (χ1) is 10.1. The number of nitrogens with two attached hydrogens (primary N) is 1. The highest BCUT2D eigenvalue weighted by atomic mass is 16.5. The first kappa shape index (κ1) is 16.1. The maximum Gasteiger partial charge on any atom is 0.127 e. The highest BCUT2D eigenvalue weighted by Crippen LogP contribution is 2.31. The molecule has 0 aliphatic carbocycles. The van der Waals surface area contributed by atoms with Crippen LogP contribution >= 0.6 is 0 Å². The van der Waals surface area contributed by atoms with E-state index in [1.807, 2.05) is 18.2 Å². The molecule has 0 radical (unpaired) electrons. The van der Waals surface area contributed by atoms with Gasteiger partial charge in [-0.1, -0.05) is 12.5 Å². The molecule has 0 aromatic heterocycles. The Hall–Kier alpha value is -1.26. The summed E-state index contributed by atoms with van der Waals surface area (Å²) in [6, 6.07) is 7.02. The molecule has 21 heavy (non-hydrogen) atoms. The average Bonchev–Trinajstić information content (AvgIpc) is 2.50. The molecule has 0 amide bonds. The van der Waals surface area contributed by atoms with Gasteiger partial charge in [0.1, 0.15) is 11.5 Å². The third-order valence-electron chi connectivity index (χ3n) is 4.62. The van der Waals surface area contributed by atoms with Gasteiger partial charge in [-0.25, -0.2) is 0 Å². The van der Waals surface area contributed by atoms with E-state index >= 15 is 0 Å². The number of ether oxygens (including phenoxy) is 2. The molecule has 1 unspecified atom stereocenters. The lowest BCUT2D eigenvalue weighted by Crippen LogP contribution is -2.46. The second-order valence-electron chi connectivity index (χ2n) is 6.04. The van der Waals surface area contributed by atoms with Crippen LogP contribution in [0.2, 0.25) is 0 Å². The van der Waals surface area contributed by atoms with Crippen LogP contribution in [0.15, 0.2) is 18.2 Å². The topological polar surface area (TPSA) is 47.7 Å². The van der Waals surface area contributed by atoms with Crippen molar-refractivity contribution in [2.24, 2.45) is 5.73 Å². The zero-order valence-electron chi connectivity index (χ0n) is 13.6. The summed E-state index contributed by atoms with van der Waals surface area (Å²) in [5, 5.41) is 0. The summed E-state index contributed by atoms with van der Waals surface area (Å²) in [6.45, 7) is 5.46. The summed E-state index contributed by atoms with van der Waals surface area (Å²) in [7, 11) is 3.34. The van der Waals surface area contributed by atoms with Crippen LogP contribution in [0.1, 0.15) is 44.7 Å². The van der Waals surface area contributed by atoms with Crippen molar-refractivity contribution in [3.05, 3.63) is 23.8 Å². The molecule has 2 N–H and O–H groups in total. The standard InChI is InChI=1S/C17H28N2O2/c1-12-6-5-7-13(2)19(12)11-16(18)15-9-8-14(20-3)10-17(15)21-4/h8-10,12-13,16H,5-7,11,18H2,1-4H3/t12-,13+,16?. The van der Waals surface area contributed by atoms with E-state index in [1.165, 1.54) is 19.3 Å². The first-order valence-corrected chi connectivity index (χ1v) is 7.80. The third-order valence-corrected chi connectivity index (χ3v) is 4.62. The molecule has 1 aromatic carbocycles. The zero-order chi connectivity index (χ0) is 15.4. The minimum atomic E-state index is -0.0474. The van der Waals surface area contributed by atoms with Crippen molar-refractivity contribution in [1.82, 2.24) is 4.90 Å². The van der Waals surface area contributed by atoms with Crippen LogP contribution in [-0.2, 0) is 0 Å². The summed E-state index contributed by atoms with van der Waals surface area (Å²) >= 11 is 0. The Balaban J connectivity index is 2.14. The Labute approximate surface area is 128 Å². The predicted molar refractivity (Wildman–Crippen MR) is 86.0 cm³/mol. The minimum Gasteiger partial charge on any atom is -0.497 e. The van der Waals surface area contributed by atoms with Crippen LogP contribution < -0.4 is 15.2 Å². The molecule has 4 nitrogen and oxygen atoms in total.